The molecule has 1 aliphatic heterocycles. The average molecular weight is 393 g/mol. The number of carbonyl (C=O) groups is 1. The molecular weight excluding hydrogens is 375 g/mol. The van der Waals surface area contributed by atoms with Gasteiger partial charge in [-0.2, -0.15) is 0 Å². The second-order valence-electron chi connectivity index (χ2n) is 6.62. The minimum Gasteiger partial charge on any atom is -0.465 e. The number of nitrogens with zero attached hydrogens (tertiary/aromatic N) is 2. The van der Waals surface area contributed by atoms with Gasteiger partial charge < -0.3 is 14.6 Å². The molecule has 1 aromatic carbocycles. The van der Waals surface area contributed by atoms with E-state index in [-0.39, 0.29) is 11.7 Å². The summed E-state index contributed by atoms with van der Waals surface area (Å²) >= 11 is 7.56. The third-order valence-electron chi connectivity index (χ3n) is 5.04. The van der Waals surface area contributed by atoms with Crippen molar-refractivity contribution < 1.29 is 14.3 Å². The Balaban J connectivity index is 1.68. The molecule has 1 amide bonds. The Morgan fingerprint density at radius 1 is 1.27 bits per heavy atom. The highest BCUT2D eigenvalue weighted by Gasteiger charge is 2.26. The van der Waals surface area contributed by atoms with Crippen LogP contribution >= 0.6 is 22.9 Å². The number of aromatic nitrogens is 1. The predicted octanol–water partition coefficient (Wildman–Crippen LogP) is 5.40. The molecule has 1 fully saturated rings. The first-order chi connectivity index (χ1) is 12.5. The number of benzene rings is 1. The van der Waals surface area contributed by atoms with E-state index >= 15 is 0 Å². The minimum atomic E-state index is -0.859. The summed E-state index contributed by atoms with van der Waals surface area (Å²) in [5, 5.41) is 10.2. The minimum absolute atomic E-state index is 0.256. The van der Waals surface area contributed by atoms with Gasteiger partial charge in [0.25, 0.3) is 0 Å². The van der Waals surface area contributed by atoms with Gasteiger partial charge in [0.15, 0.2) is 0 Å². The molecule has 0 saturated carbocycles. The number of likely N-dealkylation sites (tertiary alicyclic amines) is 1. The average Bonchev–Trinajstić information content (AvgIpc) is 3.19. The monoisotopic (exact) mass is 392 g/mol. The molecule has 0 aliphatic carbocycles. The van der Waals surface area contributed by atoms with Crippen molar-refractivity contribution in [2.24, 2.45) is 0 Å². The summed E-state index contributed by atoms with van der Waals surface area (Å²) in [5.41, 5.74) is 2.04. The summed E-state index contributed by atoms with van der Waals surface area (Å²) in [6, 6.07) is 8.76. The molecule has 7 heteroatoms. The number of piperidine rings is 1. The van der Waals surface area contributed by atoms with Crippen LogP contribution in [0.15, 0.2) is 36.5 Å². The topological polar surface area (TPSA) is 45.5 Å². The zero-order chi connectivity index (χ0) is 18.3. The Hall–Kier alpha value is -2.05. The molecule has 26 heavy (non-hydrogen) atoms. The molecule has 1 saturated heterocycles. The summed E-state index contributed by atoms with van der Waals surface area (Å²) in [6.07, 6.45) is 2.81. The van der Waals surface area contributed by atoms with E-state index in [1.807, 2.05) is 18.2 Å². The first-order valence-electron chi connectivity index (χ1n) is 8.51. The number of rotatable bonds is 3. The van der Waals surface area contributed by atoms with Gasteiger partial charge >= 0.3 is 6.09 Å². The fourth-order valence-electron chi connectivity index (χ4n) is 3.74. The number of halogens is 2. The van der Waals surface area contributed by atoms with Crippen LogP contribution in [0.1, 0.15) is 29.2 Å². The highest BCUT2D eigenvalue weighted by molar-refractivity contribution is 7.16. The van der Waals surface area contributed by atoms with E-state index in [0.717, 1.165) is 33.0 Å². The third-order valence-corrected chi connectivity index (χ3v) is 6.25. The fraction of sp³-hybridized carbons (Fsp3) is 0.316. The molecule has 3 aromatic rings. The van der Waals surface area contributed by atoms with Crippen LogP contribution in [0, 0.1) is 5.82 Å². The molecule has 2 aromatic heterocycles. The van der Waals surface area contributed by atoms with Crippen LogP contribution in [-0.4, -0.2) is 33.8 Å². The van der Waals surface area contributed by atoms with Gasteiger partial charge in [0.1, 0.15) is 5.82 Å². The molecule has 1 aliphatic rings. The van der Waals surface area contributed by atoms with E-state index in [1.54, 1.807) is 6.07 Å². The maximum absolute atomic E-state index is 13.8. The molecule has 136 valence electrons. The van der Waals surface area contributed by atoms with Crippen LogP contribution in [-0.2, 0) is 6.54 Å². The molecule has 3 heterocycles. The fourth-order valence-corrected chi connectivity index (χ4v) is 4.82. The molecule has 4 rings (SSSR count). The number of hydrogen-bond acceptors (Lipinski definition) is 2. The lowest BCUT2D eigenvalue weighted by atomic mass is 9.89. The lowest BCUT2D eigenvalue weighted by molar-refractivity contribution is 0.132. The second kappa shape index (κ2) is 6.93. The Kier molecular flexibility index (Phi) is 4.63. The summed E-state index contributed by atoms with van der Waals surface area (Å²) < 4.78 is 16.7. The summed E-state index contributed by atoms with van der Waals surface area (Å²) in [6.45, 7) is 1.72. The SMILES string of the molecule is O=C(O)N1CCC(c2cn(Cc3ccc(Cl)s3)c3cc(F)ccc23)CC1. The van der Waals surface area contributed by atoms with E-state index in [9.17, 15) is 9.18 Å². The Bertz CT molecular complexity index is 960. The van der Waals surface area contributed by atoms with E-state index in [1.165, 1.54) is 27.9 Å². The van der Waals surface area contributed by atoms with Crippen molar-refractivity contribution in [3.05, 3.63) is 57.1 Å². The van der Waals surface area contributed by atoms with Crippen molar-refractivity contribution >= 4 is 39.9 Å². The van der Waals surface area contributed by atoms with Crippen molar-refractivity contribution in [1.82, 2.24) is 9.47 Å². The van der Waals surface area contributed by atoms with Crippen LogP contribution in [0.4, 0.5) is 9.18 Å². The van der Waals surface area contributed by atoms with Crippen LogP contribution in [0.3, 0.4) is 0 Å². The van der Waals surface area contributed by atoms with Gasteiger partial charge in [-0.3, -0.25) is 0 Å². The first kappa shape index (κ1) is 17.4. The molecule has 1 N–H and O–H groups in total. The maximum Gasteiger partial charge on any atom is 0.407 e. The summed E-state index contributed by atoms with van der Waals surface area (Å²) in [7, 11) is 0. The molecule has 0 unspecified atom stereocenters. The number of hydrogen-bond donors (Lipinski definition) is 1. The Morgan fingerprint density at radius 3 is 2.69 bits per heavy atom. The van der Waals surface area contributed by atoms with Crippen LogP contribution in [0.2, 0.25) is 4.34 Å². The van der Waals surface area contributed by atoms with Gasteiger partial charge in [0.05, 0.1) is 16.4 Å². The molecular formula is C19H18ClFN2O2S. The zero-order valence-corrected chi connectivity index (χ0v) is 15.6. The lowest BCUT2D eigenvalue weighted by Gasteiger charge is -2.29. The van der Waals surface area contributed by atoms with Gasteiger partial charge in [-0.25, -0.2) is 9.18 Å². The molecule has 0 radical (unpaired) electrons. The van der Waals surface area contributed by atoms with E-state index in [4.69, 9.17) is 16.7 Å². The standard InChI is InChI=1S/C19H18ClFN2O2S/c20-18-4-2-14(26-18)10-23-11-16(15-3-1-13(21)9-17(15)23)12-5-7-22(8-6-12)19(24)25/h1-4,9,11-12H,5-8,10H2,(H,24,25). The zero-order valence-electron chi connectivity index (χ0n) is 14.0. The van der Waals surface area contributed by atoms with Gasteiger partial charge in [-0.1, -0.05) is 11.6 Å². The van der Waals surface area contributed by atoms with Gasteiger partial charge in [-0.05, 0) is 54.7 Å². The smallest absolute Gasteiger partial charge is 0.407 e. The normalized spacial score (nSPS) is 15.7. The van der Waals surface area contributed by atoms with Gasteiger partial charge in [-0.15, -0.1) is 11.3 Å². The van der Waals surface area contributed by atoms with Crippen molar-refractivity contribution in [2.75, 3.05) is 13.1 Å². The number of thiophene rings is 1. The van der Waals surface area contributed by atoms with Gasteiger partial charge in [0, 0.05) is 29.5 Å². The maximum atomic E-state index is 13.8. The molecule has 0 bridgehead atoms. The van der Waals surface area contributed by atoms with Crippen LogP contribution in [0.25, 0.3) is 10.9 Å². The first-order valence-corrected chi connectivity index (χ1v) is 9.71. The summed E-state index contributed by atoms with van der Waals surface area (Å²) in [4.78, 5) is 13.7. The quantitative estimate of drug-likeness (QED) is 0.648. The molecule has 4 nitrogen and oxygen atoms in total. The Morgan fingerprint density at radius 2 is 2.04 bits per heavy atom. The third kappa shape index (κ3) is 3.31. The van der Waals surface area contributed by atoms with E-state index in [2.05, 4.69) is 10.8 Å². The number of carboxylic acid groups (broad SMARTS) is 1. The van der Waals surface area contributed by atoms with Crippen LogP contribution in [0.5, 0.6) is 0 Å². The highest BCUT2D eigenvalue weighted by Crippen LogP contribution is 2.35. The highest BCUT2D eigenvalue weighted by atomic mass is 35.5. The summed E-state index contributed by atoms with van der Waals surface area (Å²) in [5.74, 6) is 0.0278. The lowest BCUT2D eigenvalue weighted by Crippen LogP contribution is -2.36. The van der Waals surface area contributed by atoms with Crippen molar-refractivity contribution in [3.63, 3.8) is 0 Å². The van der Waals surface area contributed by atoms with Crippen molar-refractivity contribution in [3.8, 4) is 0 Å². The Labute approximate surface area is 159 Å². The van der Waals surface area contributed by atoms with Gasteiger partial charge in [0.2, 0.25) is 0 Å². The van der Waals surface area contributed by atoms with Crippen molar-refractivity contribution in [2.45, 2.75) is 25.3 Å². The van der Waals surface area contributed by atoms with E-state index in [0.29, 0.717) is 19.6 Å². The molecule has 0 atom stereocenters. The molecule has 0 spiro atoms. The predicted molar refractivity (Wildman–Crippen MR) is 102 cm³/mol. The van der Waals surface area contributed by atoms with Crippen molar-refractivity contribution in [1.29, 1.82) is 0 Å². The largest absolute Gasteiger partial charge is 0.465 e. The number of fused-ring (bicyclic) bond motifs is 1. The number of amides is 1. The van der Waals surface area contributed by atoms with Crippen LogP contribution < -0.4 is 0 Å². The van der Waals surface area contributed by atoms with E-state index < -0.39 is 6.09 Å². The second-order valence-corrected chi connectivity index (χ2v) is 8.42.